The van der Waals surface area contributed by atoms with Crippen LogP contribution in [0.5, 0.6) is 0 Å². The first-order valence-corrected chi connectivity index (χ1v) is 4.61. The fraction of sp³-hybridized carbons (Fsp3) is 0.444. The van der Waals surface area contributed by atoms with E-state index in [1.54, 1.807) is 11.3 Å². The summed E-state index contributed by atoms with van der Waals surface area (Å²) in [6.07, 6.45) is 0. The number of hydrogen-bond acceptors (Lipinski definition) is 3. The van der Waals surface area contributed by atoms with Crippen molar-refractivity contribution in [1.82, 2.24) is 5.32 Å². The van der Waals surface area contributed by atoms with E-state index in [2.05, 4.69) is 25.2 Å². The summed E-state index contributed by atoms with van der Waals surface area (Å²) in [5.41, 5.74) is -0.0280. The lowest BCUT2D eigenvalue weighted by Crippen LogP contribution is -2.31. The van der Waals surface area contributed by atoms with Crippen LogP contribution in [0.25, 0.3) is 0 Å². The molecule has 0 aromatic carbocycles. The summed E-state index contributed by atoms with van der Waals surface area (Å²) in [5.74, 6) is 0. The van der Waals surface area contributed by atoms with Crippen molar-refractivity contribution in [1.29, 1.82) is 5.26 Å². The van der Waals surface area contributed by atoms with E-state index in [-0.39, 0.29) is 5.54 Å². The molecule has 0 saturated carbocycles. The molecule has 64 valence electrons. The molecule has 0 saturated heterocycles. The molecule has 1 heterocycles. The summed E-state index contributed by atoms with van der Waals surface area (Å²) in [6, 6.07) is 5.99. The molecule has 0 atom stereocenters. The first-order valence-electron chi connectivity index (χ1n) is 3.79. The second kappa shape index (κ2) is 3.26. The van der Waals surface area contributed by atoms with E-state index in [0.717, 1.165) is 4.88 Å². The lowest BCUT2D eigenvalue weighted by Gasteiger charge is -2.21. The fourth-order valence-electron chi connectivity index (χ4n) is 0.857. The number of nitriles is 1. The van der Waals surface area contributed by atoms with E-state index < -0.39 is 0 Å². The van der Waals surface area contributed by atoms with Crippen LogP contribution in [0.3, 0.4) is 0 Å². The lowest BCUT2D eigenvalue weighted by molar-refractivity contribution is 0.454. The SMILES string of the molecule is CNC(C)(C)c1ccc(C#N)s1. The first kappa shape index (κ1) is 9.24. The van der Waals surface area contributed by atoms with Crippen LogP contribution < -0.4 is 5.32 Å². The maximum Gasteiger partial charge on any atom is 0.110 e. The van der Waals surface area contributed by atoms with Crippen molar-refractivity contribution in [3.8, 4) is 6.07 Å². The molecule has 12 heavy (non-hydrogen) atoms. The van der Waals surface area contributed by atoms with E-state index >= 15 is 0 Å². The van der Waals surface area contributed by atoms with E-state index in [9.17, 15) is 0 Å². The summed E-state index contributed by atoms with van der Waals surface area (Å²) >= 11 is 1.54. The Morgan fingerprint density at radius 3 is 2.58 bits per heavy atom. The highest BCUT2D eigenvalue weighted by Gasteiger charge is 2.19. The Labute approximate surface area is 76.8 Å². The van der Waals surface area contributed by atoms with Crippen molar-refractivity contribution >= 4 is 11.3 Å². The molecule has 2 nitrogen and oxygen atoms in total. The molecule has 1 aromatic heterocycles. The van der Waals surface area contributed by atoms with Crippen LogP contribution in [0.15, 0.2) is 12.1 Å². The molecule has 0 aliphatic carbocycles. The van der Waals surface area contributed by atoms with Crippen molar-refractivity contribution in [3.63, 3.8) is 0 Å². The van der Waals surface area contributed by atoms with Crippen LogP contribution >= 0.6 is 11.3 Å². The first-order chi connectivity index (χ1) is 5.60. The minimum absolute atomic E-state index is 0.0280. The quantitative estimate of drug-likeness (QED) is 0.756. The van der Waals surface area contributed by atoms with E-state index in [4.69, 9.17) is 5.26 Å². The Bertz CT molecular complexity index is 307. The topological polar surface area (TPSA) is 35.8 Å². The zero-order chi connectivity index (χ0) is 9.19. The van der Waals surface area contributed by atoms with E-state index in [0.29, 0.717) is 0 Å². The third-order valence-corrected chi connectivity index (χ3v) is 3.27. The van der Waals surface area contributed by atoms with Crippen LogP contribution in [0.1, 0.15) is 23.6 Å². The van der Waals surface area contributed by atoms with Gasteiger partial charge in [0.2, 0.25) is 0 Å². The Hall–Kier alpha value is -0.850. The average Bonchev–Trinajstić information content (AvgIpc) is 2.52. The van der Waals surface area contributed by atoms with Gasteiger partial charge >= 0.3 is 0 Å². The highest BCUT2D eigenvalue weighted by Crippen LogP contribution is 2.26. The molecule has 0 bridgehead atoms. The molecule has 1 aromatic rings. The minimum atomic E-state index is -0.0280. The van der Waals surface area contributed by atoms with Gasteiger partial charge in [0.1, 0.15) is 10.9 Å². The molecule has 3 heteroatoms. The van der Waals surface area contributed by atoms with Crippen LogP contribution in [-0.2, 0) is 5.54 Å². The molecule has 0 unspecified atom stereocenters. The normalized spacial score (nSPS) is 11.2. The van der Waals surface area contributed by atoms with E-state index in [1.165, 1.54) is 4.88 Å². The van der Waals surface area contributed by atoms with Gasteiger partial charge in [0.25, 0.3) is 0 Å². The van der Waals surface area contributed by atoms with Gasteiger partial charge in [0.15, 0.2) is 0 Å². The maximum absolute atomic E-state index is 8.63. The molecule has 0 spiro atoms. The smallest absolute Gasteiger partial charge is 0.110 e. The van der Waals surface area contributed by atoms with Gasteiger partial charge in [-0.3, -0.25) is 0 Å². The molecule has 0 aliphatic heterocycles. The number of nitrogens with one attached hydrogen (secondary N) is 1. The number of hydrogen-bond donors (Lipinski definition) is 1. The van der Waals surface area contributed by atoms with Crippen LogP contribution in [0.2, 0.25) is 0 Å². The molecule has 1 N–H and O–H groups in total. The summed E-state index contributed by atoms with van der Waals surface area (Å²) in [4.78, 5) is 1.97. The lowest BCUT2D eigenvalue weighted by atomic mass is 10.0. The molecule has 0 amide bonds. The summed E-state index contributed by atoms with van der Waals surface area (Å²) in [7, 11) is 1.92. The molecular weight excluding hydrogens is 168 g/mol. The number of nitrogens with zero attached hydrogens (tertiary/aromatic N) is 1. The van der Waals surface area contributed by atoms with E-state index in [1.807, 2.05) is 19.2 Å². The summed E-state index contributed by atoms with van der Waals surface area (Å²) in [6.45, 7) is 4.19. The van der Waals surface area contributed by atoms with Crippen molar-refractivity contribution in [2.24, 2.45) is 0 Å². The third-order valence-electron chi connectivity index (χ3n) is 1.96. The number of rotatable bonds is 2. The van der Waals surface area contributed by atoms with Crippen molar-refractivity contribution < 1.29 is 0 Å². The van der Waals surface area contributed by atoms with Crippen molar-refractivity contribution in [2.45, 2.75) is 19.4 Å². The molecular formula is C9H12N2S. The largest absolute Gasteiger partial charge is 0.310 e. The summed E-state index contributed by atoms with van der Waals surface area (Å²) < 4.78 is 0. The van der Waals surface area contributed by atoms with Crippen molar-refractivity contribution in [3.05, 3.63) is 21.9 Å². The Kier molecular flexibility index (Phi) is 2.51. The fourth-order valence-corrected chi connectivity index (χ4v) is 1.77. The second-order valence-electron chi connectivity index (χ2n) is 3.15. The van der Waals surface area contributed by atoms with Gasteiger partial charge in [-0.05, 0) is 33.0 Å². The Morgan fingerprint density at radius 2 is 2.17 bits per heavy atom. The second-order valence-corrected chi connectivity index (χ2v) is 4.23. The van der Waals surface area contributed by atoms with Gasteiger partial charge in [0.05, 0.1) is 0 Å². The van der Waals surface area contributed by atoms with Crippen LogP contribution in [-0.4, -0.2) is 7.05 Å². The van der Waals surface area contributed by atoms with Gasteiger partial charge in [0, 0.05) is 10.4 Å². The predicted molar refractivity (Wildman–Crippen MR) is 51.1 cm³/mol. The van der Waals surface area contributed by atoms with Gasteiger partial charge in [-0.25, -0.2) is 0 Å². The zero-order valence-electron chi connectivity index (χ0n) is 7.51. The summed E-state index contributed by atoms with van der Waals surface area (Å²) in [5, 5.41) is 11.8. The average molecular weight is 180 g/mol. The van der Waals surface area contributed by atoms with Gasteiger partial charge in [-0.2, -0.15) is 5.26 Å². The zero-order valence-corrected chi connectivity index (χ0v) is 8.33. The predicted octanol–water partition coefficient (Wildman–Crippen LogP) is 2.07. The Balaban J connectivity index is 2.98. The molecule has 0 fully saturated rings. The molecule has 0 radical (unpaired) electrons. The van der Waals surface area contributed by atoms with Gasteiger partial charge in [-0.15, -0.1) is 11.3 Å². The molecule has 1 rings (SSSR count). The van der Waals surface area contributed by atoms with Crippen molar-refractivity contribution in [2.75, 3.05) is 7.05 Å². The third kappa shape index (κ3) is 1.66. The highest BCUT2D eigenvalue weighted by atomic mass is 32.1. The van der Waals surface area contributed by atoms with Crippen LogP contribution in [0, 0.1) is 11.3 Å². The maximum atomic E-state index is 8.63. The van der Waals surface area contributed by atoms with Crippen LogP contribution in [0.4, 0.5) is 0 Å². The standard InChI is InChI=1S/C9H12N2S/c1-9(2,11-3)8-5-4-7(6-10)12-8/h4-5,11H,1-3H3. The minimum Gasteiger partial charge on any atom is -0.310 e. The van der Waals surface area contributed by atoms with Gasteiger partial charge in [-0.1, -0.05) is 0 Å². The highest BCUT2D eigenvalue weighted by molar-refractivity contribution is 7.12. The molecule has 0 aliphatic rings. The van der Waals surface area contributed by atoms with Gasteiger partial charge < -0.3 is 5.32 Å². The number of thiophene rings is 1. The monoisotopic (exact) mass is 180 g/mol. The Morgan fingerprint density at radius 1 is 1.50 bits per heavy atom.